The van der Waals surface area contributed by atoms with E-state index in [4.69, 9.17) is 9.47 Å². The van der Waals surface area contributed by atoms with Crippen molar-refractivity contribution in [3.63, 3.8) is 0 Å². The highest BCUT2D eigenvalue weighted by molar-refractivity contribution is 5.80. The molecule has 0 bridgehead atoms. The third kappa shape index (κ3) is 2.01. The van der Waals surface area contributed by atoms with Crippen molar-refractivity contribution in [2.45, 2.75) is 0 Å². The highest BCUT2D eigenvalue weighted by atomic mass is 16.5. The second-order valence-corrected chi connectivity index (χ2v) is 4.23. The number of rotatable bonds is 4. The van der Waals surface area contributed by atoms with Gasteiger partial charge in [-0.3, -0.25) is 10.2 Å². The van der Waals surface area contributed by atoms with Gasteiger partial charge in [0, 0.05) is 34.6 Å². The zero-order chi connectivity index (χ0) is 13.9. The van der Waals surface area contributed by atoms with Gasteiger partial charge in [-0.1, -0.05) is 0 Å². The van der Waals surface area contributed by atoms with E-state index in [9.17, 15) is 0 Å². The second-order valence-electron chi connectivity index (χ2n) is 4.23. The van der Waals surface area contributed by atoms with Crippen LogP contribution in [0.2, 0.25) is 0 Å². The lowest BCUT2D eigenvalue weighted by molar-refractivity contribution is 0.406. The Morgan fingerprint density at radius 2 is 1.25 bits per heavy atom. The van der Waals surface area contributed by atoms with Gasteiger partial charge in [0.1, 0.15) is 11.5 Å². The second kappa shape index (κ2) is 5.08. The SMILES string of the molecule is COc1cc(-c2cn[nH]c2)c(OC)cc1-c1cn[nH]c1. The Kier molecular flexibility index (Phi) is 3.12. The third-order valence-corrected chi connectivity index (χ3v) is 3.14. The number of nitrogens with zero attached hydrogens (tertiary/aromatic N) is 2. The Morgan fingerprint density at radius 1 is 0.800 bits per heavy atom. The molecule has 2 N–H and O–H groups in total. The van der Waals surface area contributed by atoms with Crippen LogP contribution in [0.4, 0.5) is 0 Å². The minimum atomic E-state index is 0.753. The summed E-state index contributed by atoms with van der Waals surface area (Å²) in [4.78, 5) is 0. The lowest BCUT2D eigenvalue weighted by Crippen LogP contribution is -1.93. The molecular formula is C14H14N4O2. The van der Waals surface area contributed by atoms with Crippen LogP contribution < -0.4 is 9.47 Å². The summed E-state index contributed by atoms with van der Waals surface area (Å²) in [6.07, 6.45) is 7.12. The normalized spacial score (nSPS) is 10.5. The summed E-state index contributed by atoms with van der Waals surface area (Å²) < 4.78 is 11.0. The summed E-state index contributed by atoms with van der Waals surface area (Å²) in [5, 5.41) is 13.5. The quantitative estimate of drug-likeness (QED) is 0.763. The van der Waals surface area contributed by atoms with Crippen LogP contribution in [0.25, 0.3) is 22.3 Å². The molecule has 0 amide bonds. The number of benzene rings is 1. The van der Waals surface area contributed by atoms with Crippen molar-refractivity contribution < 1.29 is 9.47 Å². The summed E-state index contributed by atoms with van der Waals surface area (Å²) in [6.45, 7) is 0. The summed E-state index contributed by atoms with van der Waals surface area (Å²) in [7, 11) is 3.29. The van der Waals surface area contributed by atoms with Crippen molar-refractivity contribution in [1.29, 1.82) is 0 Å². The molecule has 0 radical (unpaired) electrons. The maximum Gasteiger partial charge on any atom is 0.127 e. The van der Waals surface area contributed by atoms with Gasteiger partial charge in [-0.25, -0.2) is 0 Å². The Labute approximate surface area is 115 Å². The van der Waals surface area contributed by atoms with Crippen molar-refractivity contribution in [3.05, 3.63) is 36.9 Å². The van der Waals surface area contributed by atoms with Gasteiger partial charge >= 0.3 is 0 Å². The summed E-state index contributed by atoms with van der Waals surface area (Å²) in [5.41, 5.74) is 3.73. The van der Waals surface area contributed by atoms with E-state index in [-0.39, 0.29) is 0 Å². The summed E-state index contributed by atoms with van der Waals surface area (Å²) in [5.74, 6) is 1.51. The molecule has 0 unspecified atom stereocenters. The van der Waals surface area contributed by atoms with Gasteiger partial charge in [0.25, 0.3) is 0 Å². The molecule has 6 nitrogen and oxygen atoms in total. The molecule has 0 saturated heterocycles. The molecule has 6 heteroatoms. The molecule has 0 saturated carbocycles. The molecule has 0 spiro atoms. The van der Waals surface area contributed by atoms with Crippen LogP contribution in [0, 0.1) is 0 Å². The topological polar surface area (TPSA) is 75.8 Å². The molecule has 0 aliphatic heterocycles. The Hall–Kier alpha value is -2.76. The van der Waals surface area contributed by atoms with Gasteiger partial charge in [-0.15, -0.1) is 0 Å². The monoisotopic (exact) mass is 270 g/mol. The molecule has 0 aliphatic rings. The van der Waals surface area contributed by atoms with Gasteiger partial charge in [-0.2, -0.15) is 10.2 Å². The highest BCUT2D eigenvalue weighted by Gasteiger charge is 2.15. The van der Waals surface area contributed by atoms with E-state index in [2.05, 4.69) is 20.4 Å². The van der Waals surface area contributed by atoms with Crippen molar-refractivity contribution in [1.82, 2.24) is 20.4 Å². The van der Waals surface area contributed by atoms with Gasteiger partial charge in [0.15, 0.2) is 0 Å². The first kappa shape index (κ1) is 12.3. The van der Waals surface area contributed by atoms with E-state index in [0.29, 0.717) is 0 Å². The minimum absolute atomic E-state index is 0.753. The predicted octanol–water partition coefficient (Wildman–Crippen LogP) is 2.48. The van der Waals surface area contributed by atoms with Crippen LogP contribution in [-0.4, -0.2) is 34.6 Å². The van der Waals surface area contributed by atoms with E-state index in [1.54, 1.807) is 26.6 Å². The molecule has 3 rings (SSSR count). The van der Waals surface area contributed by atoms with Crippen molar-refractivity contribution in [2.75, 3.05) is 14.2 Å². The van der Waals surface area contributed by atoms with Gasteiger partial charge in [-0.05, 0) is 12.1 Å². The van der Waals surface area contributed by atoms with Gasteiger partial charge in [0.05, 0.1) is 26.6 Å². The number of ether oxygens (including phenoxy) is 2. The van der Waals surface area contributed by atoms with Crippen LogP contribution in [0.15, 0.2) is 36.9 Å². The van der Waals surface area contributed by atoms with Crippen molar-refractivity contribution in [3.8, 4) is 33.8 Å². The zero-order valence-electron chi connectivity index (χ0n) is 11.2. The molecule has 0 aliphatic carbocycles. The van der Waals surface area contributed by atoms with E-state index < -0.39 is 0 Å². The maximum absolute atomic E-state index is 5.48. The first-order valence-electron chi connectivity index (χ1n) is 6.08. The molecule has 1 aromatic carbocycles. The van der Waals surface area contributed by atoms with Crippen LogP contribution in [-0.2, 0) is 0 Å². The van der Waals surface area contributed by atoms with Gasteiger partial charge in [0.2, 0.25) is 0 Å². The summed E-state index contributed by atoms with van der Waals surface area (Å²) >= 11 is 0. The number of hydrogen-bond donors (Lipinski definition) is 2. The fraction of sp³-hybridized carbons (Fsp3) is 0.143. The molecule has 3 aromatic rings. The van der Waals surface area contributed by atoms with Crippen LogP contribution in [0.3, 0.4) is 0 Å². The molecule has 102 valence electrons. The fourth-order valence-corrected chi connectivity index (χ4v) is 2.15. The minimum Gasteiger partial charge on any atom is -0.496 e. The maximum atomic E-state index is 5.48. The average Bonchev–Trinajstić information content (AvgIpc) is 3.18. The molecule has 20 heavy (non-hydrogen) atoms. The number of H-pyrrole nitrogens is 2. The van der Waals surface area contributed by atoms with Crippen LogP contribution in [0.5, 0.6) is 11.5 Å². The Morgan fingerprint density at radius 3 is 1.55 bits per heavy atom. The lowest BCUT2D eigenvalue weighted by atomic mass is 10.0. The smallest absolute Gasteiger partial charge is 0.127 e. The zero-order valence-corrected chi connectivity index (χ0v) is 11.2. The molecule has 0 fully saturated rings. The fourth-order valence-electron chi connectivity index (χ4n) is 2.15. The largest absolute Gasteiger partial charge is 0.496 e. The highest BCUT2D eigenvalue weighted by Crippen LogP contribution is 2.40. The van der Waals surface area contributed by atoms with Crippen LogP contribution >= 0.6 is 0 Å². The molecule has 0 atom stereocenters. The number of aromatic nitrogens is 4. The lowest BCUT2D eigenvalue weighted by Gasteiger charge is -2.13. The Bertz CT molecular complexity index is 628. The van der Waals surface area contributed by atoms with E-state index >= 15 is 0 Å². The first-order valence-corrected chi connectivity index (χ1v) is 6.08. The summed E-state index contributed by atoms with van der Waals surface area (Å²) in [6, 6.07) is 3.87. The van der Waals surface area contributed by atoms with Crippen molar-refractivity contribution in [2.24, 2.45) is 0 Å². The van der Waals surface area contributed by atoms with E-state index in [1.807, 2.05) is 24.5 Å². The third-order valence-electron chi connectivity index (χ3n) is 3.14. The molecular weight excluding hydrogens is 256 g/mol. The average molecular weight is 270 g/mol. The number of methoxy groups -OCH3 is 2. The Balaban J connectivity index is 2.19. The predicted molar refractivity (Wildman–Crippen MR) is 74.7 cm³/mol. The standard InChI is InChI=1S/C14H14N4O2/c1-19-13-3-12(10-7-17-18-8-10)14(20-2)4-11(13)9-5-15-16-6-9/h3-8H,1-2H3,(H,15,16)(H,17,18). The molecule has 2 aromatic heterocycles. The number of aromatic amines is 2. The number of nitrogens with one attached hydrogen (secondary N) is 2. The van der Waals surface area contributed by atoms with Gasteiger partial charge < -0.3 is 9.47 Å². The molecule has 2 heterocycles. The van der Waals surface area contributed by atoms with E-state index in [0.717, 1.165) is 33.8 Å². The van der Waals surface area contributed by atoms with Crippen LogP contribution in [0.1, 0.15) is 0 Å². The van der Waals surface area contributed by atoms with Crippen molar-refractivity contribution >= 4 is 0 Å². The number of hydrogen-bond acceptors (Lipinski definition) is 4. The first-order chi connectivity index (χ1) is 9.83. The van der Waals surface area contributed by atoms with E-state index in [1.165, 1.54) is 0 Å².